The van der Waals surface area contributed by atoms with Gasteiger partial charge in [0, 0.05) is 17.3 Å². The summed E-state index contributed by atoms with van der Waals surface area (Å²) in [5.74, 6) is -2.55. The fourth-order valence-electron chi connectivity index (χ4n) is 3.61. The quantitative estimate of drug-likeness (QED) is 0.474. The van der Waals surface area contributed by atoms with Crippen LogP contribution >= 0.6 is 0 Å². The second kappa shape index (κ2) is 10.4. The summed E-state index contributed by atoms with van der Waals surface area (Å²) in [6.45, 7) is 0.846. The van der Waals surface area contributed by atoms with Crippen LogP contribution in [0.15, 0.2) is 60.7 Å². The highest BCUT2D eigenvalue weighted by molar-refractivity contribution is 6.08. The molecule has 3 aromatic rings. The van der Waals surface area contributed by atoms with Gasteiger partial charge in [0.25, 0.3) is 5.91 Å². The van der Waals surface area contributed by atoms with Crippen molar-refractivity contribution in [3.8, 4) is 17.2 Å². The van der Waals surface area contributed by atoms with Crippen molar-refractivity contribution in [2.45, 2.75) is 13.0 Å². The molecule has 36 heavy (non-hydrogen) atoms. The van der Waals surface area contributed by atoms with Crippen LogP contribution in [0.5, 0.6) is 17.2 Å². The molecule has 0 aromatic heterocycles. The zero-order valence-corrected chi connectivity index (χ0v) is 19.4. The van der Waals surface area contributed by atoms with Crippen molar-refractivity contribution in [2.75, 3.05) is 30.5 Å². The van der Waals surface area contributed by atoms with Crippen molar-refractivity contribution in [2.24, 2.45) is 0 Å². The highest BCUT2D eigenvalue weighted by Crippen LogP contribution is 2.35. The number of fused-ring (bicyclic) bond motifs is 1. The van der Waals surface area contributed by atoms with Crippen LogP contribution in [0.25, 0.3) is 0 Å². The monoisotopic (exact) mass is 496 g/mol. The molecule has 186 valence electrons. The third kappa shape index (κ3) is 5.27. The van der Waals surface area contributed by atoms with Gasteiger partial charge in [-0.2, -0.15) is 0 Å². The summed E-state index contributed by atoms with van der Waals surface area (Å²) in [4.78, 5) is 39.6. The summed E-state index contributed by atoms with van der Waals surface area (Å²) >= 11 is 0. The normalized spacial score (nSPS) is 13.3. The maximum absolute atomic E-state index is 13.4. The third-order valence-corrected chi connectivity index (χ3v) is 5.55. The minimum absolute atomic E-state index is 0.0100. The predicted octanol–water partition coefficient (Wildman–Crippen LogP) is 3.99. The van der Waals surface area contributed by atoms with Crippen molar-refractivity contribution in [1.82, 2.24) is 0 Å². The van der Waals surface area contributed by atoms with E-state index >= 15 is 0 Å². The minimum Gasteiger partial charge on any atom is -0.497 e. The smallest absolute Gasteiger partial charge is 0.265 e. The molecule has 1 N–H and O–H groups in total. The maximum Gasteiger partial charge on any atom is 0.265 e. The molecule has 4 rings (SSSR count). The Kier molecular flexibility index (Phi) is 7.14. The topological polar surface area (TPSA) is 94.2 Å². The summed E-state index contributed by atoms with van der Waals surface area (Å²) in [5, 5.41) is 2.75. The van der Waals surface area contributed by atoms with Crippen LogP contribution in [-0.4, -0.2) is 44.0 Å². The third-order valence-electron chi connectivity index (χ3n) is 5.55. The largest absolute Gasteiger partial charge is 0.497 e. The van der Waals surface area contributed by atoms with Crippen LogP contribution < -0.4 is 24.4 Å². The number of carbonyl (C=O) groups is 3. The van der Waals surface area contributed by atoms with Crippen LogP contribution in [0.2, 0.25) is 0 Å². The van der Waals surface area contributed by atoms with Gasteiger partial charge in [-0.3, -0.25) is 19.3 Å². The van der Waals surface area contributed by atoms with Crippen molar-refractivity contribution in [3.05, 3.63) is 77.9 Å². The number of hydrogen-bond donors (Lipinski definition) is 1. The summed E-state index contributed by atoms with van der Waals surface area (Å²) in [6.07, 6.45) is 0. The highest BCUT2D eigenvalue weighted by atomic mass is 19.2. The van der Waals surface area contributed by atoms with E-state index in [4.69, 9.17) is 14.2 Å². The first-order valence-corrected chi connectivity index (χ1v) is 10.9. The molecule has 0 saturated carbocycles. The summed E-state index contributed by atoms with van der Waals surface area (Å²) in [6, 6.07) is 13.2. The first kappa shape index (κ1) is 24.6. The molecule has 1 aliphatic heterocycles. The lowest BCUT2D eigenvalue weighted by Gasteiger charge is -2.33. The van der Waals surface area contributed by atoms with Crippen molar-refractivity contribution < 1.29 is 37.4 Å². The van der Waals surface area contributed by atoms with Crippen LogP contribution in [0, 0.1) is 11.6 Å². The number of carbonyl (C=O) groups excluding carboxylic acids is 3. The molecule has 10 heteroatoms. The summed E-state index contributed by atoms with van der Waals surface area (Å²) in [7, 11) is 1.53. The average Bonchev–Trinajstić information content (AvgIpc) is 2.88. The number of benzene rings is 3. The van der Waals surface area contributed by atoms with E-state index in [2.05, 4.69) is 5.32 Å². The van der Waals surface area contributed by atoms with E-state index in [1.165, 1.54) is 36.3 Å². The second-order valence-electron chi connectivity index (χ2n) is 7.92. The summed E-state index contributed by atoms with van der Waals surface area (Å²) < 4.78 is 42.3. The predicted molar refractivity (Wildman–Crippen MR) is 127 cm³/mol. The summed E-state index contributed by atoms with van der Waals surface area (Å²) in [5.41, 5.74) is 0.955. The fraction of sp³-hybridized carbons (Fsp3) is 0.192. The number of anilines is 2. The van der Waals surface area contributed by atoms with Crippen LogP contribution in [0.3, 0.4) is 0 Å². The van der Waals surface area contributed by atoms with E-state index in [0.29, 0.717) is 17.2 Å². The Morgan fingerprint density at radius 3 is 2.44 bits per heavy atom. The van der Waals surface area contributed by atoms with Gasteiger partial charge in [-0.15, -0.1) is 0 Å². The average molecular weight is 496 g/mol. The number of hydrogen-bond acceptors (Lipinski definition) is 6. The Labute approximate surface area is 205 Å². The molecule has 0 radical (unpaired) electrons. The van der Waals surface area contributed by atoms with Crippen LogP contribution in [0.4, 0.5) is 20.2 Å². The standard InChI is InChI=1S/C26H22F2N2O6/c1-15(26(33)29-17-4-6-18(34-2)7-5-17)30-22-11-16(3-10-24(22)36-14-25(30)32)23(31)13-35-19-8-9-20(27)21(28)12-19/h3-12,15H,13-14H2,1-2H3,(H,29,33). The molecule has 1 unspecified atom stereocenters. The molecular weight excluding hydrogens is 474 g/mol. The van der Waals surface area contributed by atoms with Crippen molar-refractivity contribution in [3.63, 3.8) is 0 Å². The molecule has 2 amide bonds. The number of ketones is 1. The SMILES string of the molecule is COc1ccc(NC(=O)C(C)N2C(=O)COc3ccc(C(=O)COc4ccc(F)c(F)c4)cc32)cc1. The van der Waals surface area contributed by atoms with E-state index in [-0.39, 0.29) is 23.6 Å². The maximum atomic E-state index is 13.4. The Morgan fingerprint density at radius 2 is 1.75 bits per heavy atom. The molecule has 0 fully saturated rings. The molecule has 0 saturated heterocycles. The van der Waals surface area contributed by atoms with Gasteiger partial charge in [0.1, 0.15) is 23.3 Å². The van der Waals surface area contributed by atoms with Gasteiger partial charge < -0.3 is 19.5 Å². The highest BCUT2D eigenvalue weighted by Gasteiger charge is 2.33. The van der Waals surface area contributed by atoms with Gasteiger partial charge in [-0.1, -0.05) is 0 Å². The Hall–Kier alpha value is -4.47. The first-order valence-electron chi connectivity index (χ1n) is 10.9. The Morgan fingerprint density at radius 1 is 1.03 bits per heavy atom. The van der Waals surface area contributed by atoms with Crippen LogP contribution in [-0.2, 0) is 9.59 Å². The van der Waals surface area contributed by atoms with Gasteiger partial charge in [-0.25, -0.2) is 8.78 Å². The lowest BCUT2D eigenvalue weighted by molar-refractivity contribution is -0.125. The molecule has 1 aliphatic rings. The van der Waals surface area contributed by atoms with Gasteiger partial charge in [-0.05, 0) is 61.5 Å². The lowest BCUT2D eigenvalue weighted by Crippen LogP contribution is -2.49. The number of nitrogens with one attached hydrogen (secondary N) is 1. The number of methoxy groups -OCH3 is 1. The van der Waals surface area contributed by atoms with E-state index < -0.39 is 41.9 Å². The minimum atomic E-state index is -1.10. The van der Waals surface area contributed by atoms with Gasteiger partial charge in [0.05, 0.1) is 12.8 Å². The zero-order chi connectivity index (χ0) is 25.8. The number of amides is 2. The molecule has 0 spiro atoms. The lowest BCUT2D eigenvalue weighted by atomic mass is 10.1. The number of nitrogens with zero attached hydrogens (tertiary/aromatic N) is 1. The van der Waals surface area contributed by atoms with Crippen LogP contribution in [0.1, 0.15) is 17.3 Å². The number of ether oxygens (including phenoxy) is 3. The zero-order valence-electron chi connectivity index (χ0n) is 19.4. The van der Waals surface area contributed by atoms with E-state index in [9.17, 15) is 23.2 Å². The molecule has 1 heterocycles. The molecule has 0 aliphatic carbocycles. The van der Waals surface area contributed by atoms with Crippen molar-refractivity contribution in [1.29, 1.82) is 0 Å². The first-order chi connectivity index (χ1) is 17.3. The molecule has 3 aromatic carbocycles. The Balaban J connectivity index is 1.51. The van der Waals surface area contributed by atoms with E-state index in [1.807, 2.05) is 0 Å². The van der Waals surface area contributed by atoms with E-state index in [0.717, 1.165) is 12.1 Å². The molecular formula is C26H22F2N2O6. The second-order valence-corrected chi connectivity index (χ2v) is 7.92. The number of halogens is 2. The van der Waals surface area contributed by atoms with Crippen molar-refractivity contribution >= 4 is 29.0 Å². The van der Waals surface area contributed by atoms with Gasteiger partial charge >= 0.3 is 0 Å². The molecule has 1 atom stereocenters. The number of Topliss-reactive ketones (excluding diaryl/α,β-unsaturated/α-hetero) is 1. The van der Waals surface area contributed by atoms with Gasteiger partial charge in [0.15, 0.2) is 30.6 Å². The molecule has 0 bridgehead atoms. The Bertz CT molecular complexity index is 1310. The van der Waals surface area contributed by atoms with E-state index in [1.54, 1.807) is 31.2 Å². The number of rotatable bonds is 8. The van der Waals surface area contributed by atoms with Gasteiger partial charge in [0.2, 0.25) is 5.91 Å². The molecule has 8 nitrogen and oxygen atoms in total. The fourth-order valence-corrected chi connectivity index (χ4v) is 3.61.